The minimum absolute atomic E-state index is 0.00439. The lowest BCUT2D eigenvalue weighted by atomic mass is 9.95. The summed E-state index contributed by atoms with van der Waals surface area (Å²) in [7, 11) is 0. The number of amides is 1. The van der Waals surface area contributed by atoms with E-state index in [1.807, 2.05) is 27.7 Å². The van der Waals surface area contributed by atoms with E-state index in [9.17, 15) is 14.7 Å². The first-order valence-corrected chi connectivity index (χ1v) is 12.4. The summed E-state index contributed by atoms with van der Waals surface area (Å²) in [5, 5.41) is 11.4. The second-order valence-corrected chi connectivity index (χ2v) is 8.79. The molecule has 4 rings (SSSR count). The quantitative estimate of drug-likeness (QED) is 0.223. The van der Waals surface area contributed by atoms with Crippen LogP contribution >= 0.6 is 0 Å². The van der Waals surface area contributed by atoms with Crippen LogP contribution in [0.5, 0.6) is 17.2 Å². The molecule has 1 saturated heterocycles. The molecule has 0 aromatic heterocycles. The SMILES string of the molecule is CCOc1ccc(C2/C(=C(/O)c3cccc(OC(C)C)c3)C(=O)C(=O)N2c2ccc(OCC)cc2)cc1. The van der Waals surface area contributed by atoms with Gasteiger partial charge in [0, 0.05) is 11.3 Å². The van der Waals surface area contributed by atoms with Crippen LogP contribution < -0.4 is 19.1 Å². The van der Waals surface area contributed by atoms with Crippen LogP contribution in [-0.4, -0.2) is 36.1 Å². The van der Waals surface area contributed by atoms with Crippen molar-refractivity contribution in [2.24, 2.45) is 0 Å². The Hall–Kier alpha value is -4.26. The van der Waals surface area contributed by atoms with Gasteiger partial charge < -0.3 is 19.3 Å². The third-order valence-corrected chi connectivity index (χ3v) is 5.86. The van der Waals surface area contributed by atoms with E-state index < -0.39 is 17.7 Å². The van der Waals surface area contributed by atoms with Crippen molar-refractivity contribution >= 4 is 23.1 Å². The number of rotatable bonds is 9. The number of ether oxygens (including phenoxy) is 3. The van der Waals surface area contributed by atoms with Crippen LogP contribution in [0.15, 0.2) is 78.4 Å². The van der Waals surface area contributed by atoms with Crippen LogP contribution in [0.2, 0.25) is 0 Å². The van der Waals surface area contributed by atoms with Crippen LogP contribution in [-0.2, 0) is 9.59 Å². The largest absolute Gasteiger partial charge is 0.507 e. The smallest absolute Gasteiger partial charge is 0.300 e. The molecule has 1 heterocycles. The molecule has 0 spiro atoms. The highest BCUT2D eigenvalue weighted by molar-refractivity contribution is 6.51. The maximum absolute atomic E-state index is 13.4. The Kier molecular flexibility index (Phi) is 7.82. The molecular formula is C30H31NO6. The van der Waals surface area contributed by atoms with E-state index in [-0.39, 0.29) is 17.4 Å². The van der Waals surface area contributed by atoms with Gasteiger partial charge >= 0.3 is 0 Å². The highest BCUT2D eigenvalue weighted by Crippen LogP contribution is 2.43. The number of carbonyl (C=O) groups is 2. The summed E-state index contributed by atoms with van der Waals surface area (Å²) in [6.07, 6.45) is -0.0634. The molecule has 0 radical (unpaired) electrons. The fourth-order valence-corrected chi connectivity index (χ4v) is 4.34. The van der Waals surface area contributed by atoms with Crippen LogP contribution in [0, 0.1) is 0 Å². The standard InChI is InChI=1S/C30H31NO6/c1-5-35-23-14-10-20(11-15-23)27-26(28(32)21-8-7-9-25(18-21)37-19(3)4)29(33)30(34)31(27)22-12-16-24(17-13-22)36-6-2/h7-19,27,32H,5-6H2,1-4H3/b28-26-. The van der Waals surface area contributed by atoms with Crippen molar-refractivity contribution in [3.63, 3.8) is 0 Å². The first-order valence-electron chi connectivity index (χ1n) is 12.4. The van der Waals surface area contributed by atoms with Crippen molar-refractivity contribution in [2.75, 3.05) is 18.1 Å². The number of nitrogens with zero attached hydrogens (tertiary/aromatic N) is 1. The predicted molar refractivity (Wildman–Crippen MR) is 142 cm³/mol. The van der Waals surface area contributed by atoms with E-state index in [2.05, 4.69) is 0 Å². The molecule has 3 aromatic rings. The molecule has 1 fully saturated rings. The summed E-state index contributed by atoms with van der Waals surface area (Å²) in [5.41, 5.74) is 1.57. The molecule has 1 atom stereocenters. The molecule has 1 aliphatic heterocycles. The number of hydrogen-bond acceptors (Lipinski definition) is 6. The Morgan fingerprint density at radius 2 is 1.46 bits per heavy atom. The normalized spacial score (nSPS) is 16.8. The average molecular weight is 502 g/mol. The topological polar surface area (TPSA) is 85.3 Å². The first kappa shape index (κ1) is 25.8. The van der Waals surface area contributed by atoms with E-state index in [0.717, 1.165) is 0 Å². The fourth-order valence-electron chi connectivity index (χ4n) is 4.34. The minimum Gasteiger partial charge on any atom is -0.507 e. The molecule has 7 nitrogen and oxygen atoms in total. The Morgan fingerprint density at radius 1 is 0.865 bits per heavy atom. The Labute approximate surface area is 216 Å². The summed E-state index contributed by atoms with van der Waals surface area (Å²) in [4.78, 5) is 28.2. The van der Waals surface area contributed by atoms with Crippen LogP contribution in [0.3, 0.4) is 0 Å². The molecule has 1 aliphatic rings. The van der Waals surface area contributed by atoms with Gasteiger partial charge in [0.1, 0.15) is 23.0 Å². The average Bonchev–Trinajstić information content (AvgIpc) is 3.15. The molecule has 0 aliphatic carbocycles. The van der Waals surface area contributed by atoms with Crippen molar-refractivity contribution < 1.29 is 28.9 Å². The number of hydrogen-bond donors (Lipinski definition) is 1. The van der Waals surface area contributed by atoms with Gasteiger partial charge in [-0.05, 0) is 81.8 Å². The van der Waals surface area contributed by atoms with Gasteiger partial charge in [-0.1, -0.05) is 24.3 Å². The highest BCUT2D eigenvalue weighted by atomic mass is 16.5. The molecule has 1 amide bonds. The molecule has 192 valence electrons. The van der Waals surface area contributed by atoms with Crippen molar-refractivity contribution in [2.45, 2.75) is 39.8 Å². The molecule has 1 N–H and O–H groups in total. The molecule has 0 bridgehead atoms. The zero-order valence-electron chi connectivity index (χ0n) is 21.4. The number of aliphatic hydroxyl groups excluding tert-OH is 1. The van der Waals surface area contributed by atoms with Crippen molar-refractivity contribution in [1.29, 1.82) is 0 Å². The summed E-state index contributed by atoms with van der Waals surface area (Å²) in [6.45, 7) is 8.61. The van der Waals surface area contributed by atoms with Crippen LogP contribution in [0.25, 0.3) is 5.76 Å². The maximum Gasteiger partial charge on any atom is 0.300 e. The molecule has 3 aromatic carbocycles. The van der Waals surface area contributed by atoms with E-state index >= 15 is 0 Å². The summed E-state index contributed by atoms with van der Waals surface area (Å²) in [5.74, 6) is 0.127. The number of benzene rings is 3. The van der Waals surface area contributed by atoms with E-state index in [1.165, 1.54) is 4.90 Å². The number of ketones is 1. The lowest BCUT2D eigenvalue weighted by Crippen LogP contribution is -2.29. The van der Waals surface area contributed by atoms with Gasteiger partial charge in [0.05, 0.1) is 30.9 Å². The zero-order valence-corrected chi connectivity index (χ0v) is 21.4. The van der Waals surface area contributed by atoms with Gasteiger partial charge in [-0.25, -0.2) is 0 Å². The fraction of sp³-hybridized carbons (Fsp3) is 0.267. The van der Waals surface area contributed by atoms with E-state index in [0.29, 0.717) is 47.3 Å². The second kappa shape index (κ2) is 11.2. The monoisotopic (exact) mass is 501 g/mol. The summed E-state index contributed by atoms with van der Waals surface area (Å²) in [6, 6.07) is 20.1. The highest BCUT2D eigenvalue weighted by Gasteiger charge is 2.47. The van der Waals surface area contributed by atoms with Crippen LogP contribution in [0.4, 0.5) is 5.69 Å². The van der Waals surface area contributed by atoms with Crippen molar-refractivity contribution in [3.8, 4) is 17.2 Å². The first-order chi connectivity index (χ1) is 17.8. The second-order valence-electron chi connectivity index (χ2n) is 8.79. The predicted octanol–water partition coefficient (Wildman–Crippen LogP) is 5.90. The molecule has 7 heteroatoms. The number of aliphatic hydroxyl groups is 1. The lowest BCUT2D eigenvalue weighted by molar-refractivity contribution is -0.132. The molecular weight excluding hydrogens is 470 g/mol. The molecule has 0 saturated carbocycles. The molecule has 37 heavy (non-hydrogen) atoms. The van der Waals surface area contributed by atoms with E-state index in [1.54, 1.807) is 72.8 Å². The van der Waals surface area contributed by atoms with Gasteiger partial charge in [-0.3, -0.25) is 14.5 Å². The minimum atomic E-state index is -0.844. The molecule has 1 unspecified atom stereocenters. The zero-order chi connectivity index (χ0) is 26.5. The third kappa shape index (κ3) is 5.45. The van der Waals surface area contributed by atoms with Gasteiger partial charge in [0.2, 0.25) is 0 Å². The van der Waals surface area contributed by atoms with Gasteiger partial charge in [0.15, 0.2) is 0 Å². The van der Waals surface area contributed by atoms with Gasteiger partial charge in [-0.15, -0.1) is 0 Å². The lowest BCUT2D eigenvalue weighted by Gasteiger charge is -2.26. The van der Waals surface area contributed by atoms with Crippen molar-refractivity contribution in [1.82, 2.24) is 0 Å². The Balaban J connectivity index is 1.85. The summed E-state index contributed by atoms with van der Waals surface area (Å²) >= 11 is 0. The van der Waals surface area contributed by atoms with Crippen LogP contribution in [0.1, 0.15) is 44.9 Å². The Morgan fingerprint density at radius 3 is 2.03 bits per heavy atom. The third-order valence-electron chi connectivity index (χ3n) is 5.86. The maximum atomic E-state index is 13.4. The van der Waals surface area contributed by atoms with E-state index in [4.69, 9.17) is 14.2 Å². The summed E-state index contributed by atoms with van der Waals surface area (Å²) < 4.78 is 16.9. The number of Topliss-reactive ketones (excluding diaryl/α,β-unsaturated/α-hetero) is 1. The number of anilines is 1. The van der Waals surface area contributed by atoms with Crippen molar-refractivity contribution in [3.05, 3.63) is 89.5 Å². The number of carbonyl (C=O) groups excluding carboxylic acids is 2. The Bertz CT molecular complexity index is 1290. The van der Waals surface area contributed by atoms with Gasteiger partial charge in [0.25, 0.3) is 11.7 Å². The van der Waals surface area contributed by atoms with Gasteiger partial charge in [-0.2, -0.15) is 0 Å².